The molecule has 0 radical (unpaired) electrons. The molecule has 3 N–H and O–H groups in total. The molecule has 5 nitrogen and oxygen atoms in total. The third-order valence-corrected chi connectivity index (χ3v) is 3.29. The number of benzene rings is 1. The fourth-order valence-corrected chi connectivity index (χ4v) is 2.16. The number of nitrogens with two attached hydrogens (primary N) is 1. The van der Waals surface area contributed by atoms with E-state index < -0.39 is 0 Å². The van der Waals surface area contributed by atoms with Gasteiger partial charge < -0.3 is 15.8 Å². The summed E-state index contributed by atoms with van der Waals surface area (Å²) in [6.45, 7) is 2.90. The fourth-order valence-electron chi connectivity index (χ4n) is 2.16. The van der Waals surface area contributed by atoms with Crippen LogP contribution in [0, 0.1) is 5.82 Å². The topological polar surface area (TPSA) is 67.6 Å². The van der Waals surface area contributed by atoms with E-state index in [1.54, 1.807) is 18.2 Å². The third-order valence-electron chi connectivity index (χ3n) is 3.29. The summed E-state index contributed by atoms with van der Waals surface area (Å²) in [5, 5.41) is 2.73. The summed E-state index contributed by atoms with van der Waals surface area (Å²) in [6, 6.07) is 6.42. The molecule has 1 saturated heterocycles. The second-order valence-corrected chi connectivity index (χ2v) is 4.83. The number of hydrogen-bond donors (Lipinski definition) is 2. The second kappa shape index (κ2) is 7.33. The summed E-state index contributed by atoms with van der Waals surface area (Å²) in [6.07, 6.45) is -0.0110. The van der Waals surface area contributed by atoms with Crippen LogP contribution in [0.1, 0.15) is 5.56 Å². The highest BCUT2D eigenvalue weighted by atomic mass is 19.1. The molecule has 1 amide bonds. The Hall–Kier alpha value is -1.50. The Kier molecular flexibility index (Phi) is 5.46. The van der Waals surface area contributed by atoms with Crippen molar-refractivity contribution in [1.82, 2.24) is 10.2 Å². The number of carbonyl (C=O) groups is 1. The van der Waals surface area contributed by atoms with E-state index in [4.69, 9.17) is 10.5 Å². The number of nitrogens with zero attached hydrogens (tertiary/aromatic N) is 1. The zero-order valence-corrected chi connectivity index (χ0v) is 11.3. The van der Waals surface area contributed by atoms with Crippen LogP contribution in [0.2, 0.25) is 0 Å². The smallest absolute Gasteiger partial charge is 0.234 e. The molecule has 20 heavy (non-hydrogen) atoms. The van der Waals surface area contributed by atoms with Gasteiger partial charge in [-0.15, -0.1) is 0 Å². The van der Waals surface area contributed by atoms with Gasteiger partial charge in [0.1, 0.15) is 5.82 Å². The Morgan fingerprint density at radius 2 is 2.30 bits per heavy atom. The fraction of sp³-hybridized carbons (Fsp3) is 0.500. The lowest BCUT2D eigenvalue weighted by Crippen LogP contribution is -2.48. The van der Waals surface area contributed by atoms with Crippen LogP contribution in [0.25, 0.3) is 0 Å². The largest absolute Gasteiger partial charge is 0.374 e. The number of rotatable bonds is 5. The summed E-state index contributed by atoms with van der Waals surface area (Å²) in [4.78, 5) is 13.8. The van der Waals surface area contributed by atoms with Gasteiger partial charge in [-0.2, -0.15) is 0 Å². The van der Waals surface area contributed by atoms with Crippen LogP contribution in [-0.2, 0) is 16.1 Å². The third kappa shape index (κ3) is 4.26. The molecule has 1 aliphatic heterocycles. The van der Waals surface area contributed by atoms with Crippen LogP contribution in [-0.4, -0.2) is 49.7 Å². The summed E-state index contributed by atoms with van der Waals surface area (Å²) in [5.41, 5.74) is 6.04. The minimum atomic E-state index is -0.303. The van der Waals surface area contributed by atoms with Crippen molar-refractivity contribution in [3.8, 4) is 0 Å². The number of amides is 1. The number of hydrogen-bond acceptors (Lipinski definition) is 4. The molecular weight excluding hydrogens is 261 g/mol. The van der Waals surface area contributed by atoms with Crippen molar-refractivity contribution >= 4 is 5.91 Å². The van der Waals surface area contributed by atoms with E-state index in [2.05, 4.69) is 5.32 Å². The molecular formula is C14H20FN3O2. The van der Waals surface area contributed by atoms with Gasteiger partial charge in [-0.05, 0) is 6.07 Å². The predicted molar refractivity (Wildman–Crippen MR) is 73.5 cm³/mol. The highest BCUT2D eigenvalue weighted by molar-refractivity contribution is 5.78. The van der Waals surface area contributed by atoms with Gasteiger partial charge in [0, 0.05) is 31.7 Å². The maximum atomic E-state index is 13.4. The van der Waals surface area contributed by atoms with E-state index in [1.807, 2.05) is 4.90 Å². The van der Waals surface area contributed by atoms with Crippen molar-refractivity contribution in [2.45, 2.75) is 12.6 Å². The zero-order chi connectivity index (χ0) is 14.4. The number of nitrogens with one attached hydrogen (secondary N) is 1. The highest BCUT2D eigenvalue weighted by Crippen LogP contribution is 2.06. The van der Waals surface area contributed by atoms with Crippen LogP contribution in [0.5, 0.6) is 0 Å². The Labute approximate surface area is 117 Å². The molecule has 1 aliphatic rings. The van der Waals surface area contributed by atoms with Crippen LogP contribution in [0.4, 0.5) is 4.39 Å². The molecule has 0 spiro atoms. The summed E-state index contributed by atoms with van der Waals surface area (Å²) in [5.74, 6) is -0.423. The first-order valence-corrected chi connectivity index (χ1v) is 6.73. The van der Waals surface area contributed by atoms with Gasteiger partial charge in [0.05, 0.1) is 19.3 Å². The Morgan fingerprint density at radius 3 is 3.05 bits per heavy atom. The Morgan fingerprint density at radius 1 is 1.50 bits per heavy atom. The number of halogens is 1. The van der Waals surface area contributed by atoms with Crippen molar-refractivity contribution < 1.29 is 13.9 Å². The summed E-state index contributed by atoms with van der Waals surface area (Å²) in [7, 11) is 0. The molecule has 2 rings (SSSR count). The van der Waals surface area contributed by atoms with Gasteiger partial charge in [-0.1, -0.05) is 18.2 Å². The average molecular weight is 281 g/mol. The molecule has 6 heteroatoms. The summed E-state index contributed by atoms with van der Waals surface area (Å²) < 4.78 is 18.8. The number of morpholine rings is 1. The molecule has 1 unspecified atom stereocenters. The molecule has 110 valence electrons. The van der Waals surface area contributed by atoms with Gasteiger partial charge in [-0.3, -0.25) is 9.69 Å². The van der Waals surface area contributed by atoms with Crippen molar-refractivity contribution in [3.05, 3.63) is 35.6 Å². The maximum absolute atomic E-state index is 13.4. The van der Waals surface area contributed by atoms with Crippen LogP contribution < -0.4 is 11.1 Å². The van der Waals surface area contributed by atoms with Gasteiger partial charge in [-0.25, -0.2) is 4.39 Å². The number of ether oxygens (including phenoxy) is 1. The van der Waals surface area contributed by atoms with Crippen molar-refractivity contribution in [2.24, 2.45) is 5.73 Å². The Bertz CT molecular complexity index is 456. The molecule has 1 aromatic carbocycles. The van der Waals surface area contributed by atoms with E-state index in [-0.39, 0.29) is 30.9 Å². The van der Waals surface area contributed by atoms with Gasteiger partial charge >= 0.3 is 0 Å². The lowest BCUT2D eigenvalue weighted by molar-refractivity contribution is -0.124. The lowest BCUT2D eigenvalue weighted by Gasteiger charge is -2.31. The maximum Gasteiger partial charge on any atom is 0.234 e. The first-order valence-electron chi connectivity index (χ1n) is 6.73. The van der Waals surface area contributed by atoms with Gasteiger partial charge in [0.15, 0.2) is 0 Å². The molecule has 1 heterocycles. The molecule has 1 atom stereocenters. The zero-order valence-electron chi connectivity index (χ0n) is 11.3. The molecule has 0 aliphatic carbocycles. The molecule has 1 aromatic rings. The highest BCUT2D eigenvalue weighted by Gasteiger charge is 2.20. The predicted octanol–water partition coefficient (Wildman–Crippen LogP) is 0.101. The normalized spacial score (nSPS) is 19.8. The lowest BCUT2D eigenvalue weighted by atomic mass is 10.2. The van der Waals surface area contributed by atoms with Gasteiger partial charge in [0.25, 0.3) is 0 Å². The SMILES string of the molecule is NCC1CN(CC(=O)NCc2ccccc2F)CCO1. The minimum Gasteiger partial charge on any atom is -0.374 e. The number of carbonyl (C=O) groups excluding carboxylic acids is 1. The average Bonchev–Trinajstić information content (AvgIpc) is 2.46. The van der Waals surface area contributed by atoms with E-state index in [1.165, 1.54) is 6.07 Å². The van der Waals surface area contributed by atoms with Crippen molar-refractivity contribution in [3.63, 3.8) is 0 Å². The van der Waals surface area contributed by atoms with E-state index in [0.29, 0.717) is 31.8 Å². The van der Waals surface area contributed by atoms with Crippen LogP contribution >= 0.6 is 0 Å². The second-order valence-electron chi connectivity index (χ2n) is 4.83. The first kappa shape index (κ1) is 14.9. The molecule has 0 aromatic heterocycles. The van der Waals surface area contributed by atoms with Crippen molar-refractivity contribution in [1.29, 1.82) is 0 Å². The standard InChI is InChI=1S/C14H20FN3O2/c15-13-4-2-1-3-11(13)8-17-14(19)10-18-5-6-20-12(7-16)9-18/h1-4,12H,5-10,16H2,(H,17,19). The minimum absolute atomic E-state index is 0.0110. The molecule has 1 fully saturated rings. The monoisotopic (exact) mass is 281 g/mol. The Balaban J connectivity index is 1.77. The van der Waals surface area contributed by atoms with E-state index >= 15 is 0 Å². The molecule has 0 saturated carbocycles. The van der Waals surface area contributed by atoms with E-state index in [9.17, 15) is 9.18 Å². The van der Waals surface area contributed by atoms with Crippen molar-refractivity contribution in [2.75, 3.05) is 32.8 Å². The van der Waals surface area contributed by atoms with E-state index in [0.717, 1.165) is 0 Å². The molecule has 0 bridgehead atoms. The quantitative estimate of drug-likeness (QED) is 0.803. The van der Waals surface area contributed by atoms with Crippen LogP contribution in [0.3, 0.4) is 0 Å². The van der Waals surface area contributed by atoms with Gasteiger partial charge in [0.2, 0.25) is 5.91 Å². The first-order chi connectivity index (χ1) is 9.69. The summed E-state index contributed by atoms with van der Waals surface area (Å²) >= 11 is 0. The van der Waals surface area contributed by atoms with Crippen LogP contribution in [0.15, 0.2) is 24.3 Å².